The zero-order chi connectivity index (χ0) is 97.5. The lowest BCUT2D eigenvalue weighted by molar-refractivity contribution is 0.668. The molecule has 4 aromatic heterocycles. The molecule has 0 radical (unpaired) electrons. The van der Waals surface area contributed by atoms with Crippen molar-refractivity contribution in [1.82, 2.24) is 24.9 Å². The second kappa shape index (κ2) is 34.7. The van der Waals surface area contributed by atoms with Crippen LogP contribution in [0.2, 0.25) is 0 Å². The second-order valence-electron chi connectivity index (χ2n) is 39.0. The van der Waals surface area contributed by atoms with Gasteiger partial charge in [0, 0.05) is 66.1 Å². The van der Waals surface area contributed by atoms with E-state index in [4.69, 9.17) is 33.8 Å². The van der Waals surface area contributed by atoms with E-state index < -0.39 is 10.8 Å². The molecule has 0 fully saturated rings. The molecule has 22 aromatic carbocycles. The van der Waals surface area contributed by atoms with E-state index >= 15 is 0 Å². The summed E-state index contributed by atoms with van der Waals surface area (Å²) in [5.41, 5.74) is 46.7. The minimum absolute atomic E-state index is 0.591. The number of nitrogens with zero attached hydrogens (tertiary/aromatic N) is 5. The van der Waals surface area contributed by atoms with Crippen LogP contribution in [-0.4, -0.2) is 24.9 Å². The van der Waals surface area contributed by atoms with E-state index in [9.17, 15) is 0 Å². The van der Waals surface area contributed by atoms with Crippen LogP contribution in [-0.2, 0) is 10.8 Å². The highest BCUT2D eigenvalue weighted by Crippen LogP contribution is 2.68. The summed E-state index contributed by atoms with van der Waals surface area (Å²) in [4.78, 5) is 28.2. The summed E-state index contributed by atoms with van der Waals surface area (Å²) < 4.78 is 13.7. The summed E-state index contributed by atoms with van der Waals surface area (Å²) in [6.45, 7) is 0. The lowest BCUT2D eigenvalue weighted by Crippen LogP contribution is -2.25. The Morgan fingerprint density at radius 2 is 0.358 bits per heavy atom. The van der Waals surface area contributed by atoms with Crippen LogP contribution in [0.5, 0.6) is 0 Å². The Morgan fingerprint density at radius 1 is 0.135 bits per heavy atom. The Morgan fingerprint density at radius 3 is 0.662 bits per heavy atom. The topological polar surface area (TPSA) is 90.7 Å². The van der Waals surface area contributed by atoms with Crippen LogP contribution in [0, 0.1) is 0 Å². The Hall–Kier alpha value is -19.5. The monoisotopic (exact) mass is 1880 g/mol. The van der Waals surface area contributed by atoms with Gasteiger partial charge in [0.15, 0.2) is 23.3 Å². The molecule has 7 heteroatoms. The zero-order valence-electron chi connectivity index (χ0n) is 80.3. The van der Waals surface area contributed by atoms with Crippen molar-refractivity contribution in [3.63, 3.8) is 0 Å². The number of hydrogen-bond donors (Lipinski definition) is 0. The van der Waals surface area contributed by atoms with Crippen LogP contribution >= 0.6 is 0 Å². The predicted octanol–water partition coefficient (Wildman–Crippen LogP) is 36.2. The molecule has 0 amide bonds. The van der Waals surface area contributed by atoms with E-state index in [0.717, 1.165) is 205 Å². The fourth-order valence-corrected chi connectivity index (χ4v) is 24.3. The lowest BCUT2D eigenvalue weighted by atomic mass is 9.70. The maximum atomic E-state index is 6.86. The third kappa shape index (κ3) is 13.8. The van der Waals surface area contributed by atoms with Crippen molar-refractivity contribution in [3.05, 3.63) is 572 Å². The number of furan rings is 2. The van der Waals surface area contributed by atoms with Gasteiger partial charge in [0.2, 0.25) is 0 Å². The van der Waals surface area contributed by atoms with E-state index in [-0.39, 0.29) is 0 Å². The molecular weight excluding hydrogens is 1800 g/mol. The van der Waals surface area contributed by atoms with E-state index in [2.05, 4.69) is 522 Å². The van der Waals surface area contributed by atoms with Gasteiger partial charge < -0.3 is 8.83 Å². The van der Waals surface area contributed by atoms with Gasteiger partial charge in [-0.25, -0.2) is 24.9 Å². The minimum Gasteiger partial charge on any atom is -0.455 e. The molecule has 7 nitrogen and oxygen atoms in total. The van der Waals surface area contributed by atoms with Gasteiger partial charge in [0.25, 0.3) is 0 Å². The quantitative estimate of drug-likeness (QED) is 0.107. The van der Waals surface area contributed by atoms with Crippen LogP contribution in [0.1, 0.15) is 44.5 Å². The first-order valence-corrected chi connectivity index (χ1v) is 50.6. The molecule has 0 saturated heterocycles. The number of aromatic nitrogens is 5. The zero-order valence-corrected chi connectivity index (χ0v) is 80.3. The van der Waals surface area contributed by atoms with E-state index in [1.54, 1.807) is 0 Å². The fraction of sp³-hybridized carbons (Fsp3) is 0.0142. The summed E-state index contributed by atoms with van der Waals surface area (Å²) in [7, 11) is 0. The molecule has 4 aliphatic rings. The molecule has 0 N–H and O–H groups in total. The van der Waals surface area contributed by atoms with Crippen LogP contribution < -0.4 is 0 Å². The average molecular weight is 1880 g/mol. The largest absolute Gasteiger partial charge is 0.455 e. The van der Waals surface area contributed by atoms with Gasteiger partial charge in [-0.2, -0.15) is 0 Å². The van der Waals surface area contributed by atoms with Crippen LogP contribution in [0.15, 0.2) is 537 Å². The van der Waals surface area contributed by atoms with Crippen molar-refractivity contribution < 1.29 is 8.83 Å². The Kier molecular flexibility index (Phi) is 20.0. The molecule has 2 spiro atoms. The van der Waals surface area contributed by atoms with Crippen molar-refractivity contribution in [2.24, 2.45) is 0 Å². The molecular formula is C141H87N5O2. The van der Waals surface area contributed by atoms with Gasteiger partial charge in [-0.05, 0) is 258 Å². The first kappa shape index (κ1) is 85.3. The maximum Gasteiger partial charge on any atom is 0.164 e. The predicted molar refractivity (Wildman–Crippen MR) is 605 cm³/mol. The number of fused-ring (bicyclic) bond motifs is 28. The van der Waals surface area contributed by atoms with Gasteiger partial charge in [-0.3, -0.25) is 0 Å². The molecule has 148 heavy (non-hydrogen) atoms. The van der Waals surface area contributed by atoms with E-state index in [1.807, 2.05) is 6.07 Å². The average Bonchev–Trinajstić information content (AvgIpc) is 1.50. The summed E-state index contributed by atoms with van der Waals surface area (Å²) in [6.07, 6.45) is 0. The highest BCUT2D eigenvalue weighted by Gasteiger charge is 2.55. The molecule has 30 rings (SSSR count). The van der Waals surface area contributed by atoms with Gasteiger partial charge >= 0.3 is 0 Å². The molecule has 0 saturated carbocycles. The molecule has 26 aromatic rings. The maximum absolute atomic E-state index is 6.86. The highest BCUT2D eigenvalue weighted by molar-refractivity contribution is 6.16. The number of benzene rings is 22. The van der Waals surface area contributed by atoms with Crippen LogP contribution in [0.3, 0.4) is 0 Å². The van der Waals surface area contributed by atoms with Crippen molar-refractivity contribution in [3.8, 4) is 202 Å². The van der Waals surface area contributed by atoms with Gasteiger partial charge in [-0.15, -0.1) is 0 Å². The highest BCUT2D eigenvalue weighted by atomic mass is 16.3. The molecule has 2 unspecified atom stereocenters. The van der Waals surface area contributed by atoms with Crippen molar-refractivity contribution >= 4 is 43.9 Å². The number of hydrogen-bond acceptors (Lipinski definition) is 7. The Labute approximate surface area is 856 Å². The third-order valence-electron chi connectivity index (χ3n) is 30.8. The molecule has 0 bridgehead atoms. The van der Waals surface area contributed by atoms with E-state index in [0.29, 0.717) is 23.3 Å². The van der Waals surface area contributed by atoms with Crippen LogP contribution in [0.4, 0.5) is 0 Å². The van der Waals surface area contributed by atoms with Crippen LogP contribution in [0.25, 0.3) is 245 Å². The summed E-state index contributed by atoms with van der Waals surface area (Å²) in [5, 5.41) is 4.49. The summed E-state index contributed by atoms with van der Waals surface area (Å²) in [6, 6.07) is 190. The number of para-hydroxylation sites is 2. The minimum atomic E-state index is -0.636. The Balaban J connectivity index is 0.000000140. The smallest absolute Gasteiger partial charge is 0.164 e. The van der Waals surface area contributed by atoms with Crippen molar-refractivity contribution in [1.29, 1.82) is 0 Å². The molecule has 688 valence electrons. The van der Waals surface area contributed by atoms with Gasteiger partial charge in [-0.1, -0.05) is 437 Å². The Bertz CT molecular complexity index is 8750. The standard InChI is InChI=1S/C71H44N2O.C70H43N3O/c1-5-20-45(21-6-1)49-38-50(46-22-7-2-8-23-46)41-53(40-49)64-44-65(54-42-51(47-24-9-3-10-25-47)39-52(43-54)48-26-11-4-12-27-48)73-70(72-64)59-31-19-34-62-67(59)57-29-13-16-32-60(57)71(62)61-33-17-14-30-58(61)68-63(71)37-36-56-55-28-15-18-35-66(55)74-69(56)68;1-5-20-44(21-6-1)48-38-49(45-22-7-2-8-23-45)41-52(40-48)67-71-68(53-42-50(46-24-9-3-10-25-46)39-51(43-53)47-26-11-4-12-27-47)73-69(72-67)58-31-19-34-61-64(58)56-29-13-16-32-59(56)70(61)60-33-17-14-30-57(60)65-62(70)37-36-55-54-28-15-18-35-63(54)74-66(55)65/h1-44H;1-43H. The molecule has 0 aliphatic heterocycles. The fourth-order valence-electron chi connectivity index (χ4n) is 24.3. The van der Waals surface area contributed by atoms with Crippen molar-refractivity contribution in [2.45, 2.75) is 10.8 Å². The van der Waals surface area contributed by atoms with Crippen molar-refractivity contribution in [2.75, 3.05) is 0 Å². The normalized spacial score (nSPS) is 14.0. The summed E-state index contributed by atoms with van der Waals surface area (Å²) in [5.74, 6) is 2.45. The number of rotatable bonds is 14. The first-order chi connectivity index (χ1) is 73.3. The van der Waals surface area contributed by atoms with E-state index in [1.165, 1.54) is 61.2 Å². The molecule has 2 atom stereocenters. The lowest BCUT2D eigenvalue weighted by Gasteiger charge is -2.30. The van der Waals surface area contributed by atoms with Gasteiger partial charge in [0.05, 0.1) is 22.2 Å². The SMILES string of the molecule is c1ccc(-c2cc(-c3ccccc3)cc(-c3cc(-c4cc(-c5ccccc5)cc(-c5ccccc5)c4)nc(-c4cccc5c4-c4ccccc4C54c5ccccc5-c5c4ccc4c5oc5ccccc54)n3)c2)cc1.c1ccc(-c2cc(-c3ccccc3)cc(-c3nc(-c4cc(-c5ccccc5)cc(-c5ccccc5)c4)nc(-c4cccc5c4-c4ccccc4C54c5ccccc5-c5c4ccc4c5oc5ccccc54)n3)c2)cc1. The first-order valence-electron chi connectivity index (χ1n) is 50.6. The third-order valence-corrected chi connectivity index (χ3v) is 30.8. The second-order valence-corrected chi connectivity index (χ2v) is 39.0. The van der Waals surface area contributed by atoms with Gasteiger partial charge in [0.1, 0.15) is 22.3 Å². The molecule has 4 heterocycles. The summed E-state index contributed by atoms with van der Waals surface area (Å²) >= 11 is 0. The molecule has 4 aliphatic carbocycles.